The maximum Gasteiger partial charge on any atom is 0.386 e. The number of rotatable bonds is 12. The fourth-order valence-corrected chi connectivity index (χ4v) is 17.6. The van der Waals surface area contributed by atoms with Gasteiger partial charge in [-0.05, 0) is 72.6 Å². The normalized spacial score (nSPS) is 12.4. The highest BCUT2D eigenvalue weighted by Gasteiger charge is 2.50. The lowest BCUT2D eigenvalue weighted by Gasteiger charge is -2.43. The number of aryl methyl sites for hydroxylation is 2. The van der Waals surface area contributed by atoms with Crippen LogP contribution in [-0.2, 0) is 21.1 Å². The van der Waals surface area contributed by atoms with Gasteiger partial charge in [0, 0.05) is 0 Å². The zero-order chi connectivity index (χ0) is 26.2. The van der Waals surface area contributed by atoms with Gasteiger partial charge in [0.15, 0.2) is 16.6 Å². The summed E-state index contributed by atoms with van der Waals surface area (Å²) < 4.78 is 15.0. The van der Waals surface area contributed by atoms with Crippen LogP contribution in [-0.4, -0.2) is 25.2 Å². The van der Waals surface area contributed by atoms with Crippen LogP contribution in [0, 0.1) is 0 Å². The van der Waals surface area contributed by atoms with Crippen molar-refractivity contribution < 1.29 is 8.23 Å². The van der Waals surface area contributed by atoms with Crippen molar-refractivity contribution in [3.05, 3.63) is 132 Å². The van der Waals surface area contributed by atoms with Crippen LogP contribution in [0.2, 0.25) is 38.3 Å². The smallest absolute Gasteiger partial charge is 0.386 e. The van der Waals surface area contributed by atoms with Gasteiger partial charge >= 0.3 is 8.56 Å². The second kappa shape index (κ2) is 12.3. The van der Waals surface area contributed by atoms with E-state index in [1.807, 2.05) is 0 Å². The lowest BCUT2D eigenvalue weighted by molar-refractivity contribution is 0.405. The SMILES string of the molecule is C[Si](C)(CCc1ccccc1)O[Si](O[Si](C)(C)CCc1ccccc1)(c1ccccc1)c1ccccc1. The van der Waals surface area contributed by atoms with Gasteiger partial charge in [0.25, 0.3) is 0 Å². The summed E-state index contributed by atoms with van der Waals surface area (Å²) in [5, 5.41) is 2.42. The van der Waals surface area contributed by atoms with Crippen LogP contribution in [0.3, 0.4) is 0 Å². The zero-order valence-electron chi connectivity index (χ0n) is 22.7. The molecule has 0 atom stereocenters. The maximum absolute atomic E-state index is 7.50. The Morgan fingerprint density at radius 3 is 1.05 bits per heavy atom. The van der Waals surface area contributed by atoms with Gasteiger partial charge in [0.2, 0.25) is 0 Å². The van der Waals surface area contributed by atoms with Crippen molar-refractivity contribution >= 4 is 35.6 Å². The zero-order valence-corrected chi connectivity index (χ0v) is 25.7. The Morgan fingerprint density at radius 1 is 0.432 bits per heavy atom. The Balaban J connectivity index is 1.69. The highest BCUT2D eigenvalue weighted by atomic mass is 28.5. The highest BCUT2D eigenvalue weighted by Crippen LogP contribution is 2.27. The second-order valence-corrected chi connectivity index (χ2v) is 23.1. The van der Waals surface area contributed by atoms with Gasteiger partial charge in [-0.3, -0.25) is 0 Å². The van der Waals surface area contributed by atoms with Gasteiger partial charge in [-0.2, -0.15) is 0 Å². The van der Waals surface area contributed by atoms with Crippen LogP contribution >= 0.6 is 0 Å². The summed E-state index contributed by atoms with van der Waals surface area (Å²) in [5.74, 6) is 0. The summed E-state index contributed by atoms with van der Waals surface area (Å²) in [5.41, 5.74) is 2.74. The van der Waals surface area contributed by atoms with Crippen molar-refractivity contribution in [2.24, 2.45) is 0 Å². The van der Waals surface area contributed by atoms with E-state index in [2.05, 4.69) is 148 Å². The first-order valence-electron chi connectivity index (χ1n) is 13.4. The highest BCUT2D eigenvalue weighted by molar-refractivity contribution is 7.02. The fourth-order valence-electron chi connectivity index (χ4n) is 4.80. The predicted octanol–water partition coefficient (Wildman–Crippen LogP) is 7.17. The predicted molar refractivity (Wildman–Crippen MR) is 165 cm³/mol. The molecule has 0 aliphatic rings. The van der Waals surface area contributed by atoms with Crippen LogP contribution in [0.1, 0.15) is 11.1 Å². The summed E-state index contributed by atoms with van der Waals surface area (Å²) in [6, 6.07) is 45.3. The van der Waals surface area contributed by atoms with Crippen molar-refractivity contribution in [2.45, 2.75) is 51.1 Å². The van der Waals surface area contributed by atoms with E-state index in [4.69, 9.17) is 8.23 Å². The topological polar surface area (TPSA) is 18.5 Å². The van der Waals surface area contributed by atoms with Crippen molar-refractivity contribution in [1.29, 1.82) is 0 Å². The second-order valence-electron chi connectivity index (χ2n) is 11.0. The van der Waals surface area contributed by atoms with Crippen LogP contribution in [0.25, 0.3) is 0 Å². The van der Waals surface area contributed by atoms with Gasteiger partial charge in [-0.25, -0.2) is 0 Å². The van der Waals surface area contributed by atoms with E-state index in [0.29, 0.717) is 0 Å². The number of hydrogen-bond acceptors (Lipinski definition) is 2. The molecule has 0 saturated heterocycles. The molecule has 4 aromatic carbocycles. The van der Waals surface area contributed by atoms with Crippen molar-refractivity contribution in [3.8, 4) is 0 Å². The molecule has 0 bridgehead atoms. The molecule has 0 aliphatic heterocycles. The largest absolute Gasteiger partial charge is 0.430 e. The molecule has 0 radical (unpaired) electrons. The summed E-state index contributed by atoms with van der Waals surface area (Å²) >= 11 is 0. The Labute approximate surface area is 226 Å². The summed E-state index contributed by atoms with van der Waals surface area (Å²) in [4.78, 5) is 0. The molecular weight excluding hydrogens is 501 g/mol. The van der Waals surface area contributed by atoms with Crippen LogP contribution < -0.4 is 10.4 Å². The molecule has 0 aromatic heterocycles. The standard InChI is InChI=1S/C32H40O2Si3/c1-35(2,27-25-29-17-9-5-10-18-29)33-37(31-21-13-7-14-22-31,32-23-15-8-16-24-32)34-36(3,4)28-26-30-19-11-6-12-20-30/h5-24H,25-28H2,1-4H3. The molecule has 37 heavy (non-hydrogen) atoms. The van der Waals surface area contributed by atoms with E-state index in [1.54, 1.807) is 0 Å². The lowest BCUT2D eigenvalue weighted by atomic mass is 10.2. The molecule has 0 aliphatic carbocycles. The molecule has 0 unspecified atom stereocenters. The molecule has 4 rings (SSSR count). The lowest BCUT2D eigenvalue weighted by Crippen LogP contribution is -2.70. The Hall–Kier alpha value is -2.55. The molecule has 0 N–H and O–H groups in total. The van der Waals surface area contributed by atoms with E-state index in [-0.39, 0.29) is 0 Å². The van der Waals surface area contributed by atoms with E-state index in [1.165, 1.54) is 21.5 Å². The molecule has 2 nitrogen and oxygen atoms in total. The molecule has 0 amide bonds. The monoisotopic (exact) mass is 540 g/mol. The Morgan fingerprint density at radius 2 is 0.730 bits per heavy atom. The molecular formula is C32H40O2Si3. The van der Waals surface area contributed by atoms with Crippen LogP contribution in [0.4, 0.5) is 0 Å². The van der Waals surface area contributed by atoms with Crippen molar-refractivity contribution in [1.82, 2.24) is 0 Å². The van der Waals surface area contributed by atoms with E-state index < -0.39 is 25.2 Å². The summed E-state index contributed by atoms with van der Waals surface area (Å²) in [6.07, 6.45) is 2.06. The molecule has 0 spiro atoms. The first kappa shape index (κ1) is 27.5. The summed E-state index contributed by atoms with van der Waals surface area (Å²) in [7, 11) is -7.20. The molecule has 0 fully saturated rings. The molecule has 4 aromatic rings. The average molecular weight is 541 g/mol. The number of benzene rings is 4. The minimum Gasteiger partial charge on any atom is -0.430 e. The van der Waals surface area contributed by atoms with E-state index in [9.17, 15) is 0 Å². The Kier molecular flexibility index (Phi) is 9.16. The maximum atomic E-state index is 7.50. The van der Waals surface area contributed by atoms with Gasteiger partial charge in [0.05, 0.1) is 0 Å². The minimum atomic E-state index is -2.97. The van der Waals surface area contributed by atoms with Gasteiger partial charge in [-0.1, -0.05) is 121 Å². The Bertz CT molecular complexity index is 1120. The minimum absolute atomic E-state index is 1.03. The first-order chi connectivity index (χ1) is 17.8. The van der Waals surface area contributed by atoms with Gasteiger partial charge < -0.3 is 8.23 Å². The van der Waals surface area contributed by atoms with Crippen LogP contribution in [0.15, 0.2) is 121 Å². The quantitative estimate of drug-likeness (QED) is 0.177. The van der Waals surface area contributed by atoms with Crippen LogP contribution in [0.5, 0.6) is 0 Å². The van der Waals surface area contributed by atoms with Gasteiger partial charge in [0.1, 0.15) is 0 Å². The van der Waals surface area contributed by atoms with E-state index in [0.717, 1.165) is 24.9 Å². The van der Waals surface area contributed by atoms with Crippen molar-refractivity contribution in [2.75, 3.05) is 0 Å². The number of hydrogen-bond donors (Lipinski definition) is 0. The molecule has 0 heterocycles. The van der Waals surface area contributed by atoms with Crippen molar-refractivity contribution in [3.63, 3.8) is 0 Å². The molecule has 5 heteroatoms. The molecule has 0 saturated carbocycles. The fraction of sp³-hybridized carbons (Fsp3) is 0.250. The third-order valence-corrected chi connectivity index (χ3v) is 18.7. The van der Waals surface area contributed by atoms with E-state index >= 15 is 0 Å². The van der Waals surface area contributed by atoms with Gasteiger partial charge in [-0.15, -0.1) is 0 Å². The third kappa shape index (κ3) is 7.72. The first-order valence-corrected chi connectivity index (χ1v) is 21.4. The third-order valence-electron chi connectivity index (χ3n) is 6.86. The average Bonchev–Trinajstić information content (AvgIpc) is 2.92. The summed E-state index contributed by atoms with van der Waals surface area (Å²) in [6.45, 7) is 9.47. The molecule has 192 valence electrons.